The molecule has 0 amide bonds. The quantitative estimate of drug-likeness (QED) is 0.251. The third-order valence-corrected chi connectivity index (χ3v) is 3.88. The van der Waals surface area contributed by atoms with Crippen LogP contribution in [0.3, 0.4) is 0 Å². The summed E-state index contributed by atoms with van der Waals surface area (Å²) in [6.45, 7) is 4.40. The predicted molar refractivity (Wildman–Crippen MR) is 89.7 cm³/mol. The molecule has 0 aromatic rings. The fourth-order valence-electron chi connectivity index (χ4n) is 2.54. The van der Waals surface area contributed by atoms with Crippen molar-refractivity contribution in [2.45, 2.75) is 97.3 Å². The van der Waals surface area contributed by atoms with Crippen molar-refractivity contribution in [3.8, 4) is 0 Å². The summed E-state index contributed by atoms with van der Waals surface area (Å²) in [6.07, 6.45) is 23.1. The molecule has 0 bridgehead atoms. The third-order valence-electron chi connectivity index (χ3n) is 3.88. The number of allylic oxidation sites excluding steroid dienone is 2. The maximum absolute atomic E-state index is 10.7. The molecule has 0 N–H and O–H groups in total. The molecule has 0 aliphatic heterocycles. The van der Waals surface area contributed by atoms with E-state index in [1.165, 1.54) is 57.8 Å². The summed E-state index contributed by atoms with van der Waals surface area (Å²) in [4.78, 5) is 10.7. The minimum atomic E-state index is 0.160. The maximum atomic E-state index is 10.7. The van der Waals surface area contributed by atoms with E-state index in [2.05, 4.69) is 32.3 Å². The molecule has 0 aliphatic carbocycles. The molecule has 0 spiro atoms. The summed E-state index contributed by atoms with van der Waals surface area (Å²) in [6, 6.07) is 0. The molecule has 0 saturated carbocycles. The second-order valence-corrected chi connectivity index (χ2v) is 5.92. The number of rotatable bonds is 15. The molecule has 0 heterocycles. The van der Waals surface area contributed by atoms with Crippen molar-refractivity contribution in [2.75, 3.05) is 0 Å². The van der Waals surface area contributed by atoms with E-state index < -0.39 is 0 Å². The molecule has 0 rings (SSSR count). The molecule has 1 radical (unpaired) electrons. The van der Waals surface area contributed by atoms with E-state index in [0.717, 1.165) is 25.7 Å². The van der Waals surface area contributed by atoms with Crippen molar-refractivity contribution in [1.29, 1.82) is 0 Å². The molecule has 0 saturated heterocycles. The van der Waals surface area contributed by atoms with Crippen LogP contribution in [-0.2, 0) is 4.79 Å². The van der Waals surface area contributed by atoms with Crippen molar-refractivity contribution < 1.29 is 4.79 Å². The number of unbranched alkanes of at least 4 members (excludes halogenated alkanes) is 8. The van der Waals surface area contributed by atoms with Crippen LogP contribution in [0.4, 0.5) is 0 Å². The SMILES string of the molecule is CCCCCCCCCCC=CCCC([C]=O)CCC. The molecular weight excluding hydrogens is 244 g/mol. The van der Waals surface area contributed by atoms with Crippen LogP contribution in [0.2, 0.25) is 0 Å². The van der Waals surface area contributed by atoms with Crippen molar-refractivity contribution >= 4 is 6.29 Å². The van der Waals surface area contributed by atoms with Gasteiger partial charge in [-0.2, -0.15) is 0 Å². The zero-order chi connectivity index (χ0) is 14.9. The molecule has 1 heteroatoms. The van der Waals surface area contributed by atoms with Gasteiger partial charge in [0, 0.05) is 5.92 Å². The molecule has 0 aromatic carbocycles. The topological polar surface area (TPSA) is 17.1 Å². The van der Waals surface area contributed by atoms with Crippen LogP contribution < -0.4 is 0 Å². The van der Waals surface area contributed by atoms with Gasteiger partial charge in [-0.15, -0.1) is 0 Å². The summed E-state index contributed by atoms with van der Waals surface area (Å²) < 4.78 is 0. The molecule has 1 unspecified atom stereocenters. The first-order valence-corrected chi connectivity index (χ1v) is 8.87. The molecule has 20 heavy (non-hydrogen) atoms. The second-order valence-electron chi connectivity index (χ2n) is 5.92. The van der Waals surface area contributed by atoms with Crippen LogP contribution in [0.5, 0.6) is 0 Å². The Labute approximate surface area is 127 Å². The summed E-state index contributed by atoms with van der Waals surface area (Å²) in [5.41, 5.74) is 0. The summed E-state index contributed by atoms with van der Waals surface area (Å²) in [5.74, 6) is 0.160. The minimum Gasteiger partial charge on any atom is -0.291 e. The molecule has 1 nitrogen and oxygen atoms in total. The lowest BCUT2D eigenvalue weighted by Gasteiger charge is -2.04. The van der Waals surface area contributed by atoms with Gasteiger partial charge in [-0.05, 0) is 32.1 Å². The average Bonchev–Trinajstić information content (AvgIpc) is 2.47. The lowest BCUT2D eigenvalue weighted by molar-refractivity contribution is 0.488. The Bertz CT molecular complexity index is 220. The minimum absolute atomic E-state index is 0.160. The van der Waals surface area contributed by atoms with E-state index in [9.17, 15) is 4.79 Å². The monoisotopic (exact) mass is 279 g/mol. The van der Waals surface area contributed by atoms with Crippen molar-refractivity contribution in [1.82, 2.24) is 0 Å². The highest BCUT2D eigenvalue weighted by Gasteiger charge is 2.04. The Morgan fingerprint density at radius 2 is 1.35 bits per heavy atom. The zero-order valence-electron chi connectivity index (χ0n) is 13.8. The molecule has 0 aromatic heterocycles. The summed E-state index contributed by atoms with van der Waals surface area (Å²) >= 11 is 0. The van der Waals surface area contributed by atoms with Gasteiger partial charge in [0.1, 0.15) is 0 Å². The fraction of sp³-hybridized carbons (Fsp3) is 0.842. The Balaban J connectivity index is 3.25. The van der Waals surface area contributed by atoms with Crippen LogP contribution in [-0.4, -0.2) is 6.29 Å². The molecular formula is C19H35O. The maximum Gasteiger partial charge on any atom is 0.201 e. The molecule has 1 atom stereocenters. The molecule has 0 fully saturated rings. The van der Waals surface area contributed by atoms with Crippen LogP contribution in [0.1, 0.15) is 97.3 Å². The highest BCUT2D eigenvalue weighted by Crippen LogP contribution is 2.12. The summed E-state index contributed by atoms with van der Waals surface area (Å²) in [5, 5.41) is 0. The van der Waals surface area contributed by atoms with Crippen molar-refractivity contribution in [3.63, 3.8) is 0 Å². The van der Waals surface area contributed by atoms with Crippen molar-refractivity contribution in [2.24, 2.45) is 5.92 Å². The van der Waals surface area contributed by atoms with Gasteiger partial charge in [0.05, 0.1) is 0 Å². The normalized spacial score (nSPS) is 12.9. The lowest BCUT2D eigenvalue weighted by atomic mass is 9.99. The standard InChI is InChI=1S/C19H35O/c1-3-5-6-7-8-9-10-11-12-13-14-15-17-19(18-20)16-4-2/h13-14,19H,3-12,15-17H2,1-2H3. The van der Waals surface area contributed by atoms with E-state index in [0.29, 0.717) is 0 Å². The van der Waals surface area contributed by atoms with E-state index in [1.54, 1.807) is 0 Å². The first-order valence-electron chi connectivity index (χ1n) is 8.87. The summed E-state index contributed by atoms with van der Waals surface area (Å²) in [7, 11) is 0. The zero-order valence-corrected chi connectivity index (χ0v) is 13.8. The average molecular weight is 279 g/mol. The van der Waals surface area contributed by atoms with Gasteiger partial charge in [-0.25, -0.2) is 0 Å². The molecule has 0 aliphatic rings. The highest BCUT2D eigenvalue weighted by atomic mass is 16.1. The van der Waals surface area contributed by atoms with Crippen molar-refractivity contribution in [3.05, 3.63) is 12.2 Å². The van der Waals surface area contributed by atoms with Gasteiger partial charge in [0.2, 0.25) is 6.29 Å². The van der Waals surface area contributed by atoms with Crippen LogP contribution in [0.15, 0.2) is 12.2 Å². The Morgan fingerprint density at radius 1 is 0.750 bits per heavy atom. The van der Waals surface area contributed by atoms with E-state index in [4.69, 9.17) is 0 Å². The predicted octanol–water partition coefficient (Wildman–Crippen LogP) is 6.38. The van der Waals surface area contributed by atoms with Gasteiger partial charge < -0.3 is 0 Å². The van der Waals surface area contributed by atoms with Gasteiger partial charge in [0.15, 0.2) is 0 Å². The fourth-order valence-corrected chi connectivity index (χ4v) is 2.54. The van der Waals surface area contributed by atoms with E-state index >= 15 is 0 Å². The van der Waals surface area contributed by atoms with Gasteiger partial charge >= 0.3 is 0 Å². The largest absolute Gasteiger partial charge is 0.291 e. The Kier molecular flexibility index (Phi) is 16.0. The molecule has 117 valence electrons. The van der Waals surface area contributed by atoms with Gasteiger partial charge in [0.25, 0.3) is 0 Å². The van der Waals surface area contributed by atoms with E-state index in [-0.39, 0.29) is 5.92 Å². The third kappa shape index (κ3) is 13.8. The number of hydrogen-bond donors (Lipinski definition) is 0. The van der Waals surface area contributed by atoms with E-state index in [1.807, 2.05) is 0 Å². The number of carbonyl (C=O) groups excluding carboxylic acids is 1. The van der Waals surface area contributed by atoms with Gasteiger partial charge in [-0.1, -0.05) is 77.4 Å². The Morgan fingerprint density at radius 3 is 1.95 bits per heavy atom. The first kappa shape index (κ1) is 19.4. The van der Waals surface area contributed by atoms with Gasteiger partial charge in [-0.3, -0.25) is 4.79 Å². The Hall–Kier alpha value is -0.590. The number of hydrogen-bond acceptors (Lipinski definition) is 1. The van der Waals surface area contributed by atoms with Crippen LogP contribution in [0, 0.1) is 5.92 Å². The van der Waals surface area contributed by atoms with Crippen LogP contribution in [0.25, 0.3) is 0 Å². The highest BCUT2D eigenvalue weighted by molar-refractivity contribution is 5.54. The lowest BCUT2D eigenvalue weighted by Crippen LogP contribution is -2.00. The smallest absolute Gasteiger partial charge is 0.201 e. The second kappa shape index (κ2) is 16.5. The first-order chi connectivity index (χ1) is 9.85. The van der Waals surface area contributed by atoms with Crippen LogP contribution >= 0.6 is 0 Å².